The summed E-state index contributed by atoms with van der Waals surface area (Å²) < 4.78 is 0. The van der Waals surface area contributed by atoms with Crippen LogP contribution >= 0.6 is 0 Å². The Morgan fingerprint density at radius 3 is 2.35 bits per heavy atom. The molecule has 0 radical (unpaired) electrons. The van der Waals surface area contributed by atoms with Gasteiger partial charge in [-0.05, 0) is 50.9 Å². The van der Waals surface area contributed by atoms with Gasteiger partial charge in [-0.15, -0.1) is 0 Å². The lowest BCUT2D eigenvalue weighted by molar-refractivity contribution is -0.134. The summed E-state index contributed by atoms with van der Waals surface area (Å²) in [5.41, 5.74) is 5.93. The molecule has 17 heavy (non-hydrogen) atoms. The Morgan fingerprint density at radius 2 is 1.82 bits per heavy atom. The molecule has 2 aliphatic rings. The molecular weight excluding hydrogens is 212 g/mol. The van der Waals surface area contributed by atoms with Crippen LogP contribution < -0.4 is 5.73 Å². The number of rotatable bonds is 5. The third kappa shape index (κ3) is 3.70. The first kappa shape index (κ1) is 12.9. The predicted molar refractivity (Wildman–Crippen MR) is 69.6 cm³/mol. The van der Waals surface area contributed by atoms with Crippen molar-refractivity contribution in [2.45, 2.75) is 70.4 Å². The van der Waals surface area contributed by atoms with E-state index in [0.717, 1.165) is 45.1 Å². The van der Waals surface area contributed by atoms with Crippen LogP contribution in [0.4, 0.5) is 0 Å². The monoisotopic (exact) mass is 238 g/mol. The van der Waals surface area contributed by atoms with Gasteiger partial charge in [0, 0.05) is 25.0 Å². The molecule has 0 saturated heterocycles. The summed E-state index contributed by atoms with van der Waals surface area (Å²) in [5, 5.41) is 0. The molecule has 0 atom stereocenters. The summed E-state index contributed by atoms with van der Waals surface area (Å²) in [6.07, 6.45) is 8.78. The van der Waals surface area contributed by atoms with Crippen LogP contribution in [0.2, 0.25) is 0 Å². The van der Waals surface area contributed by atoms with E-state index in [-0.39, 0.29) is 0 Å². The second-order valence-electron chi connectivity index (χ2n) is 5.80. The van der Waals surface area contributed by atoms with E-state index in [4.69, 9.17) is 5.73 Å². The fourth-order valence-corrected chi connectivity index (χ4v) is 2.85. The van der Waals surface area contributed by atoms with Gasteiger partial charge in [0.1, 0.15) is 0 Å². The maximum Gasteiger partial charge on any atom is 0.223 e. The molecule has 0 aliphatic heterocycles. The maximum atomic E-state index is 12.3. The van der Waals surface area contributed by atoms with E-state index in [2.05, 4.69) is 11.8 Å². The highest BCUT2D eigenvalue weighted by atomic mass is 16.2. The second kappa shape index (κ2) is 5.85. The Labute approximate surface area is 105 Å². The minimum absolute atomic E-state index is 0.369. The zero-order chi connectivity index (χ0) is 12.3. The minimum Gasteiger partial charge on any atom is -0.340 e. The summed E-state index contributed by atoms with van der Waals surface area (Å²) in [6.45, 7) is 3.09. The third-order valence-corrected chi connectivity index (χ3v) is 4.13. The number of hydrogen-bond donors (Lipinski definition) is 1. The number of carbonyl (C=O) groups excluding carboxylic acids is 1. The van der Waals surface area contributed by atoms with E-state index in [1.807, 2.05) is 0 Å². The Kier molecular flexibility index (Phi) is 4.43. The quantitative estimate of drug-likeness (QED) is 0.799. The van der Waals surface area contributed by atoms with Crippen LogP contribution in [0.3, 0.4) is 0 Å². The summed E-state index contributed by atoms with van der Waals surface area (Å²) in [4.78, 5) is 14.4. The number of amides is 1. The van der Waals surface area contributed by atoms with E-state index in [1.165, 1.54) is 12.8 Å². The SMILES string of the molecule is CCCN(C(=O)CC1CC1)C1CCC(N)CC1. The molecule has 0 aromatic heterocycles. The minimum atomic E-state index is 0.369. The molecule has 2 N–H and O–H groups in total. The summed E-state index contributed by atoms with van der Waals surface area (Å²) in [7, 11) is 0. The standard InChI is InChI=1S/C14H26N2O/c1-2-9-16(14(17)10-11-3-4-11)13-7-5-12(15)6-8-13/h11-13H,2-10,15H2,1H3. The van der Waals surface area contributed by atoms with Crippen molar-refractivity contribution in [3.63, 3.8) is 0 Å². The Morgan fingerprint density at radius 1 is 1.18 bits per heavy atom. The van der Waals surface area contributed by atoms with E-state index in [1.54, 1.807) is 0 Å². The predicted octanol–water partition coefficient (Wildman–Crippen LogP) is 2.29. The zero-order valence-corrected chi connectivity index (χ0v) is 11.0. The van der Waals surface area contributed by atoms with E-state index < -0.39 is 0 Å². The largest absolute Gasteiger partial charge is 0.340 e. The fourth-order valence-electron chi connectivity index (χ4n) is 2.85. The van der Waals surface area contributed by atoms with Gasteiger partial charge < -0.3 is 10.6 Å². The molecule has 0 heterocycles. The molecule has 0 aromatic carbocycles. The molecule has 1 amide bonds. The van der Waals surface area contributed by atoms with Gasteiger partial charge in [-0.1, -0.05) is 6.92 Å². The maximum absolute atomic E-state index is 12.3. The van der Waals surface area contributed by atoms with Gasteiger partial charge in [-0.2, -0.15) is 0 Å². The summed E-state index contributed by atoms with van der Waals surface area (Å²) in [5.74, 6) is 1.10. The Bertz CT molecular complexity index is 255. The lowest BCUT2D eigenvalue weighted by Gasteiger charge is -2.36. The van der Waals surface area contributed by atoms with Crippen molar-refractivity contribution in [3.8, 4) is 0 Å². The molecule has 0 bridgehead atoms. The number of carbonyl (C=O) groups is 1. The molecule has 0 aromatic rings. The highest BCUT2D eigenvalue weighted by Crippen LogP contribution is 2.34. The summed E-state index contributed by atoms with van der Waals surface area (Å²) in [6, 6.07) is 0.842. The molecule has 0 spiro atoms. The highest BCUT2D eigenvalue weighted by molar-refractivity contribution is 5.77. The van der Waals surface area contributed by atoms with Gasteiger partial charge in [0.15, 0.2) is 0 Å². The fraction of sp³-hybridized carbons (Fsp3) is 0.929. The third-order valence-electron chi connectivity index (χ3n) is 4.13. The molecule has 2 fully saturated rings. The smallest absolute Gasteiger partial charge is 0.223 e. The average Bonchev–Trinajstić information content (AvgIpc) is 3.11. The van der Waals surface area contributed by atoms with Gasteiger partial charge in [-0.3, -0.25) is 4.79 Å². The normalized spacial score (nSPS) is 29.1. The topological polar surface area (TPSA) is 46.3 Å². The number of nitrogens with zero attached hydrogens (tertiary/aromatic N) is 1. The van der Waals surface area contributed by atoms with Crippen molar-refractivity contribution in [2.24, 2.45) is 11.7 Å². The van der Waals surface area contributed by atoms with Crippen molar-refractivity contribution < 1.29 is 4.79 Å². The second-order valence-corrected chi connectivity index (χ2v) is 5.80. The van der Waals surface area contributed by atoms with Crippen molar-refractivity contribution in [3.05, 3.63) is 0 Å². The van der Waals surface area contributed by atoms with Crippen LogP contribution in [0.1, 0.15) is 58.3 Å². The molecule has 3 heteroatoms. The van der Waals surface area contributed by atoms with Crippen molar-refractivity contribution >= 4 is 5.91 Å². The van der Waals surface area contributed by atoms with Crippen LogP contribution in [0.25, 0.3) is 0 Å². The lowest BCUT2D eigenvalue weighted by Crippen LogP contribution is -2.44. The molecule has 2 aliphatic carbocycles. The van der Waals surface area contributed by atoms with Gasteiger partial charge >= 0.3 is 0 Å². The van der Waals surface area contributed by atoms with E-state index >= 15 is 0 Å². The van der Waals surface area contributed by atoms with Crippen molar-refractivity contribution in [2.75, 3.05) is 6.54 Å². The van der Waals surface area contributed by atoms with E-state index in [0.29, 0.717) is 23.9 Å². The Hall–Kier alpha value is -0.570. The van der Waals surface area contributed by atoms with Crippen LogP contribution in [-0.2, 0) is 4.79 Å². The Balaban J connectivity index is 1.87. The zero-order valence-electron chi connectivity index (χ0n) is 11.0. The van der Waals surface area contributed by atoms with Crippen LogP contribution in [0.15, 0.2) is 0 Å². The molecule has 3 nitrogen and oxygen atoms in total. The van der Waals surface area contributed by atoms with Crippen molar-refractivity contribution in [1.29, 1.82) is 0 Å². The molecule has 2 rings (SSSR count). The first-order valence-corrected chi connectivity index (χ1v) is 7.25. The molecule has 98 valence electrons. The van der Waals surface area contributed by atoms with E-state index in [9.17, 15) is 4.79 Å². The van der Waals surface area contributed by atoms with Gasteiger partial charge in [0.25, 0.3) is 0 Å². The van der Waals surface area contributed by atoms with Crippen LogP contribution in [0.5, 0.6) is 0 Å². The lowest BCUT2D eigenvalue weighted by atomic mass is 9.90. The van der Waals surface area contributed by atoms with Gasteiger partial charge in [-0.25, -0.2) is 0 Å². The number of hydrogen-bond acceptors (Lipinski definition) is 2. The average molecular weight is 238 g/mol. The number of nitrogens with two attached hydrogens (primary N) is 1. The van der Waals surface area contributed by atoms with Crippen LogP contribution in [-0.4, -0.2) is 29.4 Å². The van der Waals surface area contributed by atoms with Gasteiger partial charge in [0.2, 0.25) is 5.91 Å². The molecule has 0 unspecified atom stereocenters. The first-order valence-electron chi connectivity index (χ1n) is 7.25. The van der Waals surface area contributed by atoms with Crippen LogP contribution in [0, 0.1) is 5.92 Å². The first-order chi connectivity index (χ1) is 8.20. The highest BCUT2D eigenvalue weighted by Gasteiger charge is 2.31. The summed E-state index contributed by atoms with van der Waals surface area (Å²) >= 11 is 0. The van der Waals surface area contributed by atoms with Crippen molar-refractivity contribution in [1.82, 2.24) is 4.90 Å². The van der Waals surface area contributed by atoms with Gasteiger partial charge in [0.05, 0.1) is 0 Å². The molecular formula is C14H26N2O. The molecule has 2 saturated carbocycles.